The van der Waals surface area contributed by atoms with Crippen LogP contribution < -0.4 is 5.32 Å². The van der Waals surface area contributed by atoms with Crippen LogP contribution in [-0.4, -0.2) is 11.7 Å². The molecule has 3 aromatic heterocycles. The summed E-state index contributed by atoms with van der Waals surface area (Å²) in [7, 11) is 0. The number of fused-ring (bicyclic) bond motifs is 10. The highest BCUT2D eigenvalue weighted by atomic mass is 32.1. The van der Waals surface area contributed by atoms with E-state index in [2.05, 4.69) is 139 Å². The molecule has 1 N–H and O–H groups in total. The first-order chi connectivity index (χ1) is 27.2. The van der Waals surface area contributed by atoms with E-state index in [0.717, 1.165) is 82.9 Å². The number of thiophene rings is 1. The zero-order chi connectivity index (χ0) is 36.0. The molecule has 0 saturated heterocycles. The third kappa shape index (κ3) is 4.72. The van der Waals surface area contributed by atoms with Crippen molar-refractivity contribution in [2.75, 3.05) is 0 Å². The quantitative estimate of drug-likeness (QED) is 0.197. The van der Waals surface area contributed by atoms with Gasteiger partial charge in [-0.05, 0) is 70.4 Å². The molecule has 0 spiro atoms. The Kier molecular flexibility index (Phi) is 6.50. The Morgan fingerprint density at radius 1 is 0.473 bits per heavy atom. The fourth-order valence-electron chi connectivity index (χ4n) is 8.44. The van der Waals surface area contributed by atoms with Crippen LogP contribution in [0, 0.1) is 0 Å². The molecule has 0 bridgehead atoms. The zero-order valence-electron chi connectivity index (χ0n) is 29.3. The Hall–Kier alpha value is -7.02. The molecule has 5 nitrogen and oxygen atoms in total. The van der Waals surface area contributed by atoms with Crippen molar-refractivity contribution in [3.63, 3.8) is 0 Å². The molecule has 258 valence electrons. The molecule has 0 radical (unpaired) electrons. The summed E-state index contributed by atoms with van der Waals surface area (Å²) in [6.45, 7) is 0. The Morgan fingerprint density at radius 3 is 2.05 bits per heavy atom. The highest BCUT2D eigenvalue weighted by molar-refractivity contribution is 7.25. The Labute approximate surface area is 318 Å². The van der Waals surface area contributed by atoms with Gasteiger partial charge in [-0.25, -0.2) is 9.98 Å². The largest absolute Gasteiger partial charge is 0.456 e. The molecule has 1 unspecified atom stereocenters. The van der Waals surface area contributed by atoms with Crippen molar-refractivity contribution in [2.45, 2.75) is 6.17 Å². The van der Waals surface area contributed by atoms with Crippen molar-refractivity contribution >= 4 is 97.8 Å². The maximum atomic E-state index is 6.65. The van der Waals surface area contributed by atoms with Gasteiger partial charge in [0, 0.05) is 58.4 Å². The predicted molar refractivity (Wildman–Crippen MR) is 229 cm³/mol. The van der Waals surface area contributed by atoms with Crippen LogP contribution in [0.3, 0.4) is 0 Å². The number of nitrogens with one attached hydrogen (secondary N) is 1. The molecule has 11 aromatic rings. The molecule has 0 amide bonds. The highest BCUT2D eigenvalue weighted by Crippen LogP contribution is 2.42. The lowest BCUT2D eigenvalue weighted by Crippen LogP contribution is -2.33. The van der Waals surface area contributed by atoms with Gasteiger partial charge in [-0.1, -0.05) is 115 Å². The van der Waals surface area contributed by atoms with Crippen molar-refractivity contribution in [1.82, 2.24) is 5.32 Å². The van der Waals surface area contributed by atoms with Crippen molar-refractivity contribution < 1.29 is 8.83 Å². The molecule has 8 aromatic carbocycles. The molecule has 6 heteroatoms. The van der Waals surface area contributed by atoms with Gasteiger partial charge in [0.25, 0.3) is 0 Å². The van der Waals surface area contributed by atoms with Gasteiger partial charge in [-0.15, -0.1) is 11.3 Å². The first-order valence-electron chi connectivity index (χ1n) is 18.4. The normalized spacial score (nSPS) is 14.7. The Balaban J connectivity index is 1.05. The van der Waals surface area contributed by atoms with E-state index in [0.29, 0.717) is 5.84 Å². The summed E-state index contributed by atoms with van der Waals surface area (Å²) in [5.74, 6) is 1.44. The first kappa shape index (κ1) is 30.4. The summed E-state index contributed by atoms with van der Waals surface area (Å²) in [5, 5.41) is 12.8. The van der Waals surface area contributed by atoms with Gasteiger partial charge in [0.15, 0.2) is 5.84 Å². The minimum Gasteiger partial charge on any atom is -0.456 e. The molecule has 55 heavy (non-hydrogen) atoms. The fourth-order valence-corrected chi connectivity index (χ4v) is 9.58. The van der Waals surface area contributed by atoms with Crippen molar-refractivity contribution in [1.29, 1.82) is 0 Å². The van der Waals surface area contributed by atoms with E-state index in [4.69, 9.17) is 18.8 Å². The van der Waals surface area contributed by atoms with Crippen LogP contribution in [0.15, 0.2) is 183 Å². The number of rotatable bonds is 4. The summed E-state index contributed by atoms with van der Waals surface area (Å²) in [6, 6.07) is 57.3. The van der Waals surface area contributed by atoms with E-state index in [9.17, 15) is 0 Å². The van der Waals surface area contributed by atoms with E-state index >= 15 is 0 Å². The number of furan rings is 2. The standard InChI is InChI=1S/C49H29N3O2S/c1-2-11-29-26-31(23-22-28(29)10-1)47-50-48(52-49(51-47)37-16-9-21-43-46(37)35-13-4-6-20-42(35)55-43)36-15-8-19-40-45(36)34-25-24-30(27-41(34)54-40)32-14-7-18-39-44(32)33-12-3-5-17-38(33)53-39/h1-27,49H,(H,50,51,52). The number of amidine groups is 2. The van der Waals surface area contributed by atoms with Crippen LogP contribution in [0.5, 0.6) is 0 Å². The third-order valence-corrected chi connectivity index (χ3v) is 12.1. The molecule has 4 heterocycles. The lowest BCUT2D eigenvalue weighted by atomic mass is 9.97. The molecule has 0 aliphatic carbocycles. The summed E-state index contributed by atoms with van der Waals surface area (Å²) >= 11 is 1.82. The highest BCUT2D eigenvalue weighted by Gasteiger charge is 2.26. The minimum absolute atomic E-state index is 0.374. The lowest BCUT2D eigenvalue weighted by molar-refractivity contribution is 0.668. The fraction of sp³-hybridized carbons (Fsp3) is 0.0204. The van der Waals surface area contributed by atoms with E-state index < -0.39 is 0 Å². The maximum Gasteiger partial charge on any atom is 0.160 e. The summed E-state index contributed by atoms with van der Waals surface area (Å²) in [5.41, 5.74) is 8.59. The van der Waals surface area contributed by atoms with Crippen LogP contribution in [0.25, 0.3) is 85.9 Å². The van der Waals surface area contributed by atoms with E-state index in [1.807, 2.05) is 41.7 Å². The average Bonchev–Trinajstić information content (AvgIpc) is 3.94. The van der Waals surface area contributed by atoms with Crippen LogP contribution in [0.1, 0.15) is 22.9 Å². The summed E-state index contributed by atoms with van der Waals surface area (Å²) in [6.07, 6.45) is -0.374. The molecule has 1 atom stereocenters. The van der Waals surface area contributed by atoms with Crippen molar-refractivity contribution in [3.05, 3.63) is 180 Å². The number of aliphatic imine (C=N–C) groups is 2. The molecular weight excluding hydrogens is 695 g/mol. The molecule has 1 aliphatic heterocycles. The molecule has 0 fully saturated rings. The third-order valence-electron chi connectivity index (χ3n) is 10.9. The van der Waals surface area contributed by atoms with Crippen molar-refractivity contribution in [3.8, 4) is 11.1 Å². The predicted octanol–water partition coefficient (Wildman–Crippen LogP) is 13.2. The van der Waals surface area contributed by atoms with Gasteiger partial charge in [0.2, 0.25) is 0 Å². The van der Waals surface area contributed by atoms with Gasteiger partial charge in [-0.2, -0.15) is 0 Å². The smallest absolute Gasteiger partial charge is 0.160 e. The van der Waals surface area contributed by atoms with Crippen LogP contribution in [-0.2, 0) is 0 Å². The number of hydrogen-bond acceptors (Lipinski definition) is 6. The number of hydrogen-bond donors (Lipinski definition) is 1. The maximum absolute atomic E-state index is 6.65. The van der Waals surface area contributed by atoms with Gasteiger partial charge in [-0.3, -0.25) is 0 Å². The van der Waals surface area contributed by atoms with Crippen molar-refractivity contribution in [2.24, 2.45) is 9.98 Å². The average molecular weight is 724 g/mol. The zero-order valence-corrected chi connectivity index (χ0v) is 30.1. The number of nitrogens with zero attached hydrogens (tertiary/aromatic N) is 2. The summed E-state index contributed by atoms with van der Waals surface area (Å²) < 4.78 is 15.4. The second kappa shape index (κ2) is 11.7. The Bertz CT molecular complexity index is 3440. The SMILES string of the molecule is c1ccc2cc(C3=NC(c4cccc5oc6cc(-c7cccc8oc9ccccc9c78)ccc6c45)=NC(c4cccc5sc6ccccc6c45)N3)ccc2c1. The van der Waals surface area contributed by atoms with Gasteiger partial charge in [0.1, 0.15) is 34.3 Å². The molecule has 1 aliphatic rings. The molecule has 12 rings (SSSR count). The van der Waals surface area contributed by atoms with E-state index in [-0.39, 0.29) is 6.17 Å². The van der Waals surface area contributed by atoms with E-state index in [1.54, 1.807) is 0 Å². The van der Waals surface area contributed by atoms with Crippen LogP contribution in [0.2, 0.25) is 0 Å². The monoisotopic (exact) mass is 723 g/mol. The first-order valence-corrected chi connectivity index (χ1v) is 19.2. The number of para-hydroxylation sites is 1. The van der Waals surface area contributed by atoms with E-state index in [1.165, 1.54) is 25.6 Å². The molecule has 0 saturated carbocycles. The van der Waals surface area contributed by atoms with Crippen LogP contribution in [0.4, 0.5) is 0 Å². The minimum atomic E-state index is -0.374. The molecular formula is C49H29N3O2S. The van der Waals surface area contributed by atoms with Gasteiger partial charge in [0.05, 0.1) is 0 Å². The van der Waals surface area contributed by atoms with Gasteiger partial charge >= 0.3 is 0 Å². The summed E-state index contributed by atoms with van der Waals surface area (Å²) in [4.78, 5) is 10.7. The second-order valence-corrected chi connectivity index (χ2v) is 15.2. The Morgan fingerprint density at radius 2 is 1.15 bits per heavy atom. The second-order valence-electron chi connectivity index (χ2n) is 14.1. The topological polar surface area (TPSA) is 63.0 Å². The number of benzene rings is 8. The lowest BCUT2D eigenvalue weighted by Gasteiger charge is -2.24. The van der Waals surface area contributed by atoms with Gasteiger partial charge < -0.3 is 14.2 Å². The van der Waals surface area contributed by atoms with Crippen LogP contribution >= 0.6 is 11.3 Å².